The van der Waals surface area contributed by atoms with Gasteiger partial charge < -0.3 is 4.90 Å². The largest absolute Gasteiger partial charge is 0.370 e. The van der Waals surface area contributed by atoms with E-state index in [1.54, 1.807) is 0 Å². The molecule has 2 aliphatic carbocycles. The van der Waals surface area contributed by atoms with Gasteiger partial charge in [-0.2, -0.15) is 5.26 Å². The minimum Gasteiger partial charge on any atom is -0.370 e. The Bertz CT molecular complexity index is 424. The van der Waals surface area contributed by atoms with Crippen LogP contribution in [0.25, 0.3) is 0 Å². The highest BCUT2D eigenvalue weighted by Crippen LogP contribution is 2.36. The van der Waals surface area contributed by atoms with Gasteiger partial charge in [0.25, 0.3) is 0 Å². The first kappa shape index (κ1) is 10.7. The topological polar surface area (TPSA) is 27.0 Å². The first-order valence-electron chi connectivity index (χ1n) is 6.61. The molecular weight excluding hydrogens is 208 g/mol. The van der Waals surface area contributed by atoms with Crippen molar-refractivity contribution in [3.8, 4) is 6.07 Å². The summed E-state index contributed by atoms with van der Waals surface area (Å²) in [4.78, 5) is 2.45. The van der Waals surface area contributed by atoms with Crippen molar-refractivity contribution in [2.24, 2.45) is 11.8 Å². The van der Waals surface area contributed by atoms with Crippen molar-refractivity contribution < 1.29 is 0 Å². The van der Waals surface area contributed by atoms with Crippen LogP contribution in [0.2, 0.25) is 0 Å². The Morgan fingerprint density at radius 3 is 2.18 bits per heavy atom. The summed E-state index contributed by atoms with van der Waals surface area (Å²) in [5.74, 6) is 1.75. The monoisotopic (exact) mass is 226 g/mol. The molecule has 0 aliphatic heterocycles. The summed E-state index contributed by atoms with van der Waals surface area (Å²) in [5.41, 5.74) is 1.97. The number of rotatable bonds is 5. The van der Waals surface area contributed by atoms with E-state index in [0.717, 1.165) is 36.2 Å². The third-order valence-corrected chi connectivity index (χ3v) is 3.72. The standard InChI is InChI=1S/C15H18N2/c16-9-14-3-1-2-4-15(14)17(10-12-5-6-12)11-13-7-8-13/h1-4,12-13H,5-8,10-11H2. The molecule has 0 unspecified atom stereocenters. The van der Waals surface area contributed by atoms with Crippen molar-refractivity contribution in [1.29, 1.82) is 5.26 Å². The second-order valence-corrected chi connectivity index (χ2v) is 5.42. The van der Waals surface area contributed by atoms with Crippen molar-refractivity contribution in [3.63, 3.8) is 0 Å². The second kappa shape index (κ2) is 4.41. The fourth-order valence-electron chi connectivity index (χ4n) is 2.34. The smallest absolute Gasteiger partial charge is 0.101 e. The van der Waals surface area contributed by atoms with Crippen molar-refractivity contribution in [2.45, 2.75) is 25.7 Å². The maximum absolute atomic E-state index is 9.19. The van der Waals surface area contributed by atoms with Crippen LogP contribution in [0.1, 0.15) is 31.2 Å². The first-order chi connectivity index (χ1) is 8.36. The summed E-state index contributed by atoms with van der Waals surface area (Å²) in [5, 5.41) is 9.19. The van der Waals surface area contributed by atoms with Crippen molar-refractivity contribution in [1.82, 2.24) is 0 Å². The Kier molecular flexibility index (Phi) is 2.76. The van der Waals surface area contributed by atoms with Gasteiger partial charge in [-0.3, -0.25) is 0 Å². The molecule has 2 saturated carbocycles. The van der Waals surface area contributed by atoms with Crippen molar-refractivity contribution in [3.05, 3.63) is 29.8 Å². The highest BCUT2D eigenvalue weighted by Gasteiger charge is 2.30. The van der Waals surface area contributed by atoms with Crippen LogP contribution < -0.4 is 4.90 Å². The number of nitriles is 1. The third kappa shape index (κ3) is 2.61. The fourth-order valence-corrected chi connectivity index (χ4v) is 2.34. The lowest BCUT2D eigenvalue weighted by atomic mass is 10.1. The molecule has 2 nitrogen and oxygen atoms in total. The second-order valence-electron chi connectivity index (χ2n) is 5.42. The van der Waals surface area contributed by atoms with Gasteiger partial charge in [0.1, 0.15) is 6.07 Å². The third-order valence-electron chi connectivity index (χ3n) is 3.72. The molecule has 1 aromatic rings. The summed E-state index contributed by atoms with van der Waals surface area (Å²) in [6.45, 7) is 2.30. The summed E-state index contributed by atoms with van der Waals surface area (Å²) >= 11 is 0. The van der Waals surface area contributed by atoms with E-state index in [4.69, 9.17) is 0 Å². The summed E-state index contributed by atoms with van der Waals surface area (Å²) in [6, 6.07) is 10.4. The predicted molar refractivity (Wildman–Crippen MR) is 68.8 cm³/mol. The minimum absolute atomic E-state index is 0.828. The minimum atomic E-state index is 0.828. The van der Waals surface area contributed by atoms with Crippen LogP contribution in [0.4, 0.5) is 5.69 Å². The molecule has 3 rings (SSSR count). The quantitative estimate of drug-likeness (QED) is 0.771. The number of hydrogen-bond donors (Lipinski definition) is 0. The van der Waals surface area contributed by atoms with Gasteiger partial charge in [0.2, 0.25) is 0 Å². The molecule has 2 fully saturated rings. The van der Waals surface area contributed by atoms with Crippen molar-refractivity contribution in [2.75, 3.05) is 18.0 Å². The van der Waals surface area contributed by atoms with Crippen LogP contribution in [0.5, 0.6) is 0 Å². The Morgan fingerprint density at radius 1 is 1.06 bits per heavy atom. The van der Waals surface area contributed by atoms with Gasteiger partial charge in [0.05, 0.1) is 11.3 Å². The number of para-hydroxylation sites is 1. The highest BCUT2D eigenvalue weighted by atomic mass is 15.1. The van der Waals surface area contributed by atoms with Crippen molar-refractivity contribution >= 4 is 5.69 Å². The van der Waals surface area contributed by atoms with Gasteiger partial charge in [0.15, 0.2) is 0 Å². The Balaban J connectivity index is 1.81. The van der Waals surface area contributed by atoms with Gasteiger partial charge in [-0.25, -0.2) is 0 Å². The van der Waals surface area contributed by atoms with Gasteiger partial charge in [0, 0.05) is 13.1 Å². The van der Waals surface area contributed by atoms with E-state index in [2.05, 4.69) is 17.0 Å². The van der Waals surface area contributed by atoms with E-state index in [1.807, 2.05) is 18.2 Å². The van der Waals surface area contributed by atoms with Gasteiger partial charge in [-0.15, -0.1) is 0 Å². The molecule has 0 saturated heterocycles. The molecule has 0 bridgehead atoms. The maximum Gasteiger partial charge on any atom is 0.101 e. The zero-order valence-corrected chi connectivity index (χ0v) is 10.1. The number of hydrogen-bond acceptors (Lipinski definition) is 2. The molecule has 0 atom stereocenters. The van der Waals surface area contributed by atoms with Crippen LogP contribution in [-0.2, 0) is 0 Å². The van der Waals surface area contributed by atoms with Crippen LogP contribution in [0.3, 0.4) is 0 Å². The molecule has 0 N–H and O–H groups in total. The normalized spacial score (nSPS) is 18.8. The van der Waals surface area contributed by atoms with E-state index in [-0.39, 0.29) is 0 Å². The zero-order valence-electron chi connectivity index (χ0n) is 10.1. The lowest BCUT2D eigenvalue weighted by Crippen LogP contribution is -2.28. The number of nitrogens with zero attached hydrogens (tertiary/aromatic N) is 2. The maximum atomic E-state index is 9.19. The predicted octanol–water partition coefficient (Wildman–Crippen LogP) is 3.18. The lowest BCUT2D eigenvalue weighted by molar-refractivity contribution is 0.679. The lowest BCUT2D eigenvalue weighted by Gasteiger charge is -2.25. The molecule has 17 heavy (non-hydrogen) atoms. The van der Waals surface area contributed by atoms with E-state index in [9.17, 15) is 5.26 Å². The highest BCUT2D eigenvalue weighted by molar-refractivity contribution is 5.59. The average molecular weight is 226 g/mol. The average Bonchev–Trinajstić information content (AvgIpc) is 3.23. The fraction of sp³-hybridized carbons (Fsp3) is 0.533. The number of benzene rings is 1. The van der Waals surface area contributed by atoms with Crippen LogP contribution in [-0.4, -0.2) is 13.1 Å². The van der Waals surface area contributed by atoms with Gasteiger partial charge >= 0.3 is 0 Å². The Labute approximate surface area is 103 Å². The van der Waals surface area contributed by atoms with Gasteiger partial charge in [-0.05, 0) is 49.7 Å². The molecule has 0 heterocycles. The molecular formula is C15H18N2. The molecule has 0 spiro atoms. The summed E-state index contributed by atoms with van der Waals surface area (Å²) in [6.07, 6.45) is 5.48. The number of anilines is 1. The van der Waals surface area contributed by atoms with E-state index >= 15 is 0 Å². The Morgan fingerprint density at radius 2 is 1.65 bits per heavy atom. The molecule has 2 heteroatoms. The van der Waals surface area contributed by atoms with E-state index in [1.165, 1.54) is 25.7 Å². The summed E-state index contributed by atoms with van der Waals surface area (Å²) in [7, 11) is 0. The van der Waals surface area contributed by atoms with Crippen LogP contribution >= 0.6 is 0 Å². The molecule has 2 aliphatic rings. The molecule has 1 aromatic carbocycles. The molecule has 88 valence electrons. The van der Waals surface area contributed by atoms with Crippen LogP contribution in [0.15, 0.2) is 24.3 Å². The molecule has 0 aromatic heterocycles. The SMILES string of the molecule is N#Cc1ccccc1N(CC1CC1)CC1CC1. The zero-order chi connectivity index (χ0) is 11.7. The molecule has 0 amide bonds. The van der Waals surface area contributed by atoms with Crippen LogP contribution in [0, 0.1) is 23.2 Å². The van der Waals surface area contributed by atoms with E-state index in [0.29, 0.717) is 0 Å². The summed E-state index contributed by atoms with van der Waals surface area (Å²) < 4.78 is 0. The van der Waals surface area contributed by atoms with Gasteiger partial charge in [-0.1, -0.05) is 12.1 Å². The first-order valence-corrected chi connectivity index (χ1v) is 6.61. The Hall–Kier alpha value is -1.49. The molecule has 0 radical (unpaired) electrons. The van der Waals surface area contributed by atoms with E-state index < -0.39 is 0 Å².